The largest absolute Gasteiger partial charge is 0.313 e. The van der Waals surface area contributed by atoms with E-state index in [1.807, 2.05) is 18.2 Å². The van der Waals surface area contributed by atoms with Gasteiger partial charge in [0.25, 0.3) is 0 Å². The van der Waals surface area contributed by atoms with Gasteiger partial charge in [0.05, 0.1) is 5.75 Å². The predicted octanol–water partition coefficient (Wildman–Crippen LogP) is 1.29. The Hall–Kier alpha value is -0.910. The lowest BCUT2D eigenvalue weighted by atomic mass is 10.1. The molecule has 0 aliphatic heterocycles. The van der Waals surface area contributed by atoms with Gasteiger partial charge in [-0.25, -0.2) is 13.1 Å². The van der Waals surface area contributed by atoms with Gasteiger partial charge in [-0.15, -0.1) is 0 Å². The lowest BCUT2D eigenvalue weighted by Crippen LogP contribution is -2.33. The van der Waals surface area contributed by atoms with Gasteiger partial charge in [0.1, 0.15) is 0 Å². The van der Waals surface area contributed by atoms with Crippen molar-refractivity contribution < 1.29 is 8.42 Å². The fraction of sp³-hybridized carbons (Fsp3) is 0.571. The fourth-order valence-electron chi connectivity index (χ4n) is 1.92. The van der Waals surface area contributed by atoms with Gasteiger partial charge in [-0.3, -0.25) is 0 Å². The molecule has 0 radical (unpaired) electrons. The van der Waals surface area contributed by atoms with E-state index in [0.717, 1.165) is 12.8 Å². The van der Waals surface area contributed by atoms with Crippen LogP contribution in [0.15, 0.2) is 30.3 Å². The van der Waals surface area contributed by atoms with E-state index in [1.54, 1.807) is 0 Å². The standard InChI is InChI=1S/C14H22N2O2S/c17-19(18,12-11-15-14-8-9-14)16-10-4-7-13-5-2-1-3-6-13/h1-3,5-6,14-16H,4,7-12H2. The maximum absolute atomic E-state index is 11.7. The Bertz CT molecular complexity index is 469. The third-order valence-corrected chi connectivity index (χ3v) is 4.57. The topological polar surface area (TPSA) is 58.2 Å². The van der Waals surface area contributed by atoms with Gasteiger partial charge in [0.15, 0.2) is 0 Å². The summed E-state index contributed by atoms with van der Waals surface area (Å²) in [6, 6.07) is 10.7. The highest BCUT2D eigenvalue weighted by molar-refractivity contribution is 7.89. The lowest BCUT2D eigenvalue weighted by Gasteiger charge is -2.07. The third-order valence-electron chi connectivity index (χ3n) is 3.19. The average molecular weight is 282 g/mol. The minimum Gasteiger partial charge on any atom is -0.313 e. The van der Waals surface area contributed by atoms with E-state index in [2.05, 4.69) is 22.2 Å². The van der Waals surface area contributed by atoms with Crippen molar-refractivity contribution in [2.75, 3.05) is 18.8 Å². The zero-order valence-corrected chi connectivity index (χ0v) is 12.0. The molecule has 1 saturated carbocycles. The first-order valence-electron chi connectivity index (χ1n) is 6.90. The fourth-order valence-corrected chi connectivity index (χ4v) is 2.91. The van der Waals surface area contributed by atoms with Gasteiger partial charge >= 0.3 is 0 Å². The Morgan fingerprint density at radius 3 is 2.53 bits per heavy atom. The number of sulfonamides is 1. The van der Waals surface area contributed by atoms with Crippen molar-refractivity contribution in [2.24, 2.45) is 0 Å². The molecule has 1 aromatic carbocycles. The summed E-state index contributed by atoms with van der Waals surface area (Å²) < 4.78 is 26.0. The molecule has 0 heterocycles. The van der Waals surface area contributed by atoms with Gasteiger partial charge in [-0.05, 0) is 31.2 Å². The van der Waals surface area contributed by atoms with Crippen LogP contribution in [0.5, 0.6) is 0 Å². The summed E-state index contributed by atoms with van der Waals surface area (Å²) >= 11 is 0. The molecule has 19 heavy (non-hydrogen) atoms. The minimum absolute atomic E-state index is 0.175. The van der Waals surface area contributed by atoms with Crippen molar-refractivity contribution in [3.8, 4) is 0 Å². The van der Waals surface area contributed by atoms with Crippen LogP contribution in [0.2, 0.25) is 0 Å². The molecule has 0 bridgehead atoms. The molecule has 106 valence electrons. The molecule has 0 spiro atoms. The molecule has 1 aliphatic carbocycles. The van der Waals surface area contributed by atoms with Gasteiger partial charge in [0, 0.05) is 19.1 Å². The molecular weight excluding hydrogens is 260 g/mol. The number of rotatable bonds is 9. The molecule has 1 aliphatic rings. The Balaban J connectivity index is 1.58. The van der Waals surface area contributed by atoms with Crippen molar-refractivity contribution in [3.05, 3.63) is 35.9 Å². The predicted molar refractivity (Wildman–Crippen MR) is 77.6 cm³/mol. The normalized spacial score (nSPS) is 15.6. The Kier molecular flexibility index (Phi) is 5.36. The van der Waals surface area contributed by atoms with E-state index >= 15 is 0 Å². The van der Waals surface area contributed by atoms with Gasteiger partial charge in [0.2, 0.25) is 10.0 Å². The summed E-state index contributed by atoms with van der Waals surface area (Å²) in [5.74, 6) is 0.175. The Morgan fingerprint density at radius 2 is 1.84 bits per heavy atom. The molecule has 5 heteroatoms. The van der Waals surface area contributed by atoms with E-state index in [0.29, 0.717) is 19.1 Å². The lowest BCUT2D eigenvalue weighted by molar-refractivity contribution is 0.574. The molecule has 1 fully saturated rings. The first-order valence-corrected chi connectivity index (χ1v) is 8.55. The van der Waals surface area contributed by atoms with Crippen molar-refractivity contribution in [2.45, 2.75) is 31.7 Å². The highest BCUT2D eigenvalue weighted by Gasteiger charge is 2.20. The maximum Gasteiger partial charge on any atom is 0.212 e. The molecular formula is C14H22N2O2S. The van der Waals surface area contributed by atoms with E-state index in [-0.39, 0.29) is 5.75 Å². The molecule has 0 atom stereocenters. The Morgan fingerprint density at radius 1 is 1.11 bits per heavy atom. The average Bonchev–Trinajstić information content (AvgIpc) is 3.20. The summed E-state index contributed by atoms with van der Waals surface area (Å²) in [7, 11) is -3.12. The van der Waals surface area contributed by atoms with Crippen molar-refractivity contribution in [3.63, 3.8) is 0 Å². The summed E-state index contributed by atoms with van der Waals surface area (Å²) in [6.07, 6.45) is 4.11. The molecule has 4 nitrogen and oxygen atoms in total. The van der Waals surface area contributed by atoms with E-state index in [1.165, 1.54) is 18.4 Å². The summed E-state index contributed by atoms with van der Waals surface area (Å²) in [4.78, 5) is 0. The van der Waals surface area contributed by atoms with Crippen LogP contribution in [-0.4, -0.2) is 33.3 Å². The monoisotopic (exact) mass is 282 g/mol. The van der Waals surface area contributed by atoms with E-state index in [9.17, 15) is 8.42 Å². The Labute approximate surface area is 115 Å². The number of hydrogen-bond acceptors (Lipinski definition) is 3. The van der Waals surface area contributed by atoms with Gasteiger partial charge < -0.3 is 5.32 Å². The maximum atomic E-state index is 11.7. The second-order valence-corrected chi connectivity index (χ2v) is 6.96. The minimum atomic E-state index is -3.12. The third kappa shape index (κ3) is 6.18. The van der Waals surface area contributed by atoms with Crippen LogP contribution in [0.4, 0.5) is 0 Å². The van der Waals surface area contributed by atoms with Crippen LogP contribution in [0.3, 0.4) is 0 Å². The van der Waals surface area contributed by atoms with Crippen molar-refractivity contribution in [1.29, 1.82) is 0 Å². The molecule has 2 rings (SSSR count). The zero-order valence-electron chi connectivity index (χ0n) is 11.1. The van der Waals surface area contributed by atoms with E-state index in [4.69, 9.17) is 0 Å². The van der Waals surface area contributed by atoms with Gasteiger partial charge in [-0.2, -0.15) is 0 Å². The second-order valence-electron chi connectivity index (χ2n) is 5.03. The summed E-state index contributed by atoms with van der Waals surface area (Å²) in [6.45, 7) is 1.07. The molecule has 0 amide bonds. The molecule has 0 unspecified atom stereocenters. The van der Waals surface area contributed by atoms with E-state index < -0.39 is 10.0 Å². The summed E-state index contributed by atoms with van der Waals surface area (Å²) in [5.41, 5.74) is 1.25. The quantitative estimate of drug-likeness (QED) is 0.671. The van der Waals surface area contributed by atoms with Crippen LogP contribution in [0.25, 0.3) is 0 Å². The number of aryl methyl sites for hydroxylation is 1. The van der Waals surface area contributed by atoms with Crippen LogP contribution < -0.4 is 10.0 Å². The first kappa shape index (κ1) is 14.5. The highest BCUT2D eigenvalue weighted by atomic mass is 32.2. The van der Waals surface area contributed by atoms with Crippen LogP contribution in [0, 0.1) is 0 Å². The number of benzene rings is 1. The second kappa shape index (κ2) is 7.03. The van der Waals surface area contributed by atoms with Crippen LogP contribution in [-0.2, 0) is 16.4 Å². The SMILES string of the molecule is O=S(=O)(CCNC1CC1)NCCCc1ccccc1. The molecule has 1 aromatic rings. The molecule has 0 saturated heterocycles. The van der Waals surface area contributed by atoms with Crippen molar-refractivity contribution >= 4 is 10.0 Å². The van der Waals surface area contributed by atoms with Crippen LogP contribution >= 0.6 is 0 Å². The smallest absolute Gasteiger partial charge is 0.212 e. The molecule has 0 aromatic heterocycles. The molecule has 2 N–H and O–H groups in total. The highest BCUT2D eigenvalue weighted by Crippen LogP contribution is 2.17. The first-order chi connectivity index (χ1) is 9.16. The van der Waals surface area contributed by atoms with Crippen molar-refractivity contribution in [1.82, 2.24) is 10.0 Å². The number of nitrogens with one attached hydrogen (secondary N) is 2. The number of hydrogen-bond donors (Lipinski definition) is 2. The zero-order chi connectivity index (χ0) is 13.6. The van der Waals surface area contributed by atoms with Gasteiger partial charge in [-0.1, -0.05) is 30.3 Å². The summed E-state index contributed by atoms with van der Waals surface area (Å²) in [5, 5.41) is 3.21. The van der Waals surface area contributed by atoms with Crippen LogP contribution in [0.1, 0.15) is 24.8 Å².